The van der Waals surface area contributed by atoms with Crippen molar-refractivity contribution in [1.29, 1.82) is 0 Å². The zero-order valence-corrected chi connectivity index (χ0v) is 12.9. The molecule has 1 radical (unpaired) electrons. The van der Waals surface area contributed by atoms with E-state index in [0.717, 1.165) is 0 Å². The van der Waals surface area contributed by atoms with Crippen LogP contribution in [0, 0.1) is 13.1 Å². The van der Waals surface area contributed by atoms with Crippen LogP contribution in [0.15, 0.2) is 48.9 Å². The number of nitrogens with zero attached hydrogens (tertiary/aromatic N) is 2. The summed E-state index contributed by atoms with van der Waals surface area (Å²) in [6.07, 6.45) is 7.91. The van der Waals surface area contributed by atoms with Gasteiger partial charge in [0.15, 0.2) is 0 Å². The molecule has 16 heavy (non-hydrogen) atoms. The molecule has 2 aromatic rings. The minimum Gasteiger partial charge on any atom is -0.394 e. The Morgan fingerprint density at radius 3 is 1.81 bits per heavy atom. The molecule has 0 spiro atoms. The maximum atomic E-state index is 3.85. The second kappa shape index (κ2) is 14.4. The quantitative estimate of drug-likeness (QED) is 0.696. The average Bonchev–Trinajstić information content (AvgIpc) is 2.36. The van der Waals surface area contributed by atoms with Crippen LogP contribution in [0.5, 0.6) is 0 Å². The summed E-state index contributed by atoms with van der Waals surface area (Å²) >= 11 is 0. The average molecular weight is 290 g/mol. The van der Waals surface area contributed by atoms with Gasteiger partial charge in [0.2, 0.25) is 0 Å². The van der Waals surface area contributed by atoms with Gasteiger partial charge >= 0.3 is 0 Å². The standard InChI is InChI=1S/C6H7N.C5H4N.C2H6.Y/c1-6-2-4-7-5-3-6;1-2-4-6-5-3-1;1-2;/h2-5H,1H3;1-4H;1-2H3;/q;-1;;. The molecule has 83 valence electrons. The fourth-order valence-electron chi connectivity index (χ4n) is 0.704. The summed E-state index contributed by atoms with van der Waals surface area (Å²) in [6.45, 7) is 6.04. The number of hydrogen-bond donors (Lipinski definition) is 0. The van der Waals surface area contributed by atoms with E-state index in [1.54, 1.807) is 24.7 Å². The first-order valence-corrected chi connectivity index (χ1v) is 5.03. The molecule has 0 fully saturated rings. The normalized spacial score (nSPS) is 7.19. The molecule has 0 N–H and O–H groups in total. The van der Waals surface area contributed by atoms with Gasteiger partial charge in [0, 0.05) is 45.1 Å². The van der Waals surface area contributed by atoms with Crippen molar-refractivity contribution in [1.82, 2.24) is 9.97 Å². The van der Waals surface area contributed by atoms with E-state index in [1.165, 1.54) is 5.56 Å². The summed E-state index contributed by atoms with van der Waals surface area (Å²) in [5.74, 6) is 0. The van der Waals surface area contributed by atoms with E-state index < -0.39 is 0 Å². The Balaban J connectivity index is 0. The predicted octanol–water partition coefficient (Wildman–Crippen LogP) is 3.30. The predicted molar refractivity (Wildman–Crippen MR) is 63.4 cm³/mol. The zero-order chi connectivity index (χ0) is 11.4. The van der Waals surface area contributed by atoms with Crippen molar-refractivity contribution in [3.05, 3.63) is 60.7 Å². The molecule has 0 aliphatic rings. The van der Waals surface area contributed by atoms with Gasteiger partial charge < -0.3 is 4.98 Å². The molecule has 2 nitrogen and oxygen atoms in total. The third-order valence-electron chi connectivity index (χ3n) is 1.36. The minimum atomic E-state index is 0. The second-order valence-electron chi connectivity index (χ2n) is 2.48. The van der Waals surface area contributed by atoms with Crippen molar-refractivity contribution in [2.75, 3.05) is 0 Å². The summed E-state index contributed by atoms with van der Waals surface area (Å²) in [5.41, 5.74) is 1.26. The monoisotopic (exact) mass is 290 g/mol. The fraction of sp³-hybridized carbons (Fsp3) is 0.231. The first-order chi connectivity index (χ1) is 7.39. The zero-order valence-electron chi connectivity index (χ0n) is 10.1. The smallest absolute Gasteiger partial charge is 0.0270 e. The van der Waals surface area contributed by atoms with Crippen molar-refractivity contribution in [3.63, 3.8) is 0 Å². The van der Waals surface area contributed by atoms with Crippen molar-refractivity contribution in [3.8, 4) is 0 Å². The van der Waals surface area contributed by atoms with Crippen LogP contribution in [0.25, 0.3) is 0 Å². The van der Waals surface area contributed by atoms with E-state index in [0.29, 0.717) is 0 Å². The molecule has 0 aliphatic heterocycles. The third kappa shape index (κ3) is 11.5. The molecular weight excluding hydrogens is 273 g/mol. The van der Waals surface area contributed by atoms with Gasteiger partial charge in [0.1, 0.15) is 0 Å². The van der Waals surface area contributed by atoms with Crippen LogP contribution < -0.4 is 0 Å². The summed E-state index contributed by atoms with van der Waals surface area (Å²) in [4.78, 5) is 7.51. The number of aryl methyl sites for hydroxylation is 1. The molecule has 2 aromatic heterocycles. The first kappa shape index (κ1) is 17.8. The van der Waals surface area contributed by atoms with E-state index in [4.69, 9.17) is 0 Å². The van der Waals surface area contributed by atoms with Gasteiger partial charge in [-0.2, -0.15) is 18.2 Å². The van der Waals surface area contributed by atoms with Crippen LogP contribution >= 0.6 is 0 Å². The van der Waals surface area contributed by atoms with Gasteiger partial charge in [0.25, 0.3) is 0 Å². The van der Waals surface area contributed by atoms with Crippen molar-refractivity contribution in [2.24, 2.45) is 0 Å². The van der Waals surface area contributed by atoms with Gasteiger partial charge in [-0.05, 0) is 24.6 Å². The van der Waals surface area contributed by atoms with Crippen LogP contribution in [0.2, 0.25) is 0 Å². The molecule has 3 heteroatoms. The van der Waals surface area contributed by atoms with Gasteiger partial charge in [-0.15, -0.1) is 0 Å². The molecule has 0 saturated heterocycles. The van der Waals surface area contributed by atoms with E-state index in [-0.39, 0.29) is 32.7 Å². The molecule has 0 unspecified atom stereocenters. The number of hydrogen-bond acceptors (Lipinski definition) is 2. The van der Waals surface area contributed by atoms with Crippen molar-refractivity contribution < 1.29 is 32.7 Å². The Morgan fingerprint density at radius 1 is 1.00 bits per heavy atom. The summed E-state index contributed by atoms with van der Waals surface area (Å²) in [5, 5.41) is 0. The molecule has 0 aromatic carbocycles. The maximum Gasteiger partial charge on any atom is 0.0270 e. The molecule has 0 atom stereocenters. The third-order valence-corrected chi connectivity index (χ3v) is 1.36. The Morgan fingerprint density at radius 2 is 1.62 bits per heavy atom. The van der Waals surface area contributed by atoms with Crippen LogP contribution in [-0.2, 0) is 32.7 Å². The minimum absolute atomic E-state index is 0. The van der Waals surface area contributed by atoms with Crippen LogP contribution in [0.1, 0.15) is 19.4 Å². The number of rotatable bonds is 0. The second-order valence-corrected chi connectivity index (χ2v) is 2.48. The summed E-state index contributed by atoms with van der Waals surface area (Å²) < 4.78 is 0. The summed E-state index contributed by atoms with van der Waals surface area (Å²) in [6, 6.07) is 9.45. The van der Waals surface area contributed by atoms with Crippen molar-refractivity contribution >= 4 is 0 Å². The van der Waals surface area contributed by atoms with Gasteiger partial charge in [-0.25, -0.2) is 0 Å². The van der Waals surface area contributed by atoms with E-state index in [1.807, 2.05) is 45.0 Å². The SMILES string of the molecule is CC.Cc1ccncc1.[Y].[c-]1ccccn1. The molecule has 0 saturated carbocycles. The Labute approximate surface area is 123 Å². The molecule has 0 amide bonds. The van der Waals surface area contributed by atoms with Gasteiger partial charge in [0.05, 0.1) is 0 Å². The molecule has 0 bridgehead atoms. The number of pyridine rings is 2. The van der Waals surface area contributed by atoms with Gasteiger partial charge in [-0.1, -0.05) is 26.2 Å². The van der Waals surface area contributed by atoms with Gasteiger partial charge in [-0.3, -0.25) is 4.98 Å². The molecule has 2 rings (SSSR count). The fourth-order valence-corrected chi connectivity index (χ4v) is 0.704. The molecular formula is C13H17N2Y-. The summed E-state index contributed by atoms with van der Waals surface area (Å²) in [7, 11) is 0. The molecule has 2 heterocycles. The largest absolute Gasteiger partial charge is 0.394 e. The van der Waals surface area contributed by atoms with Crippen molar-refractivity contribution in [2.45, 2.75) is 20.8 Å². The van der Waals surface area contributed by atoms with E-state index in [9.17, 15) is 0 Å². The topological polar surface area (TPSA) is 25.8 Å². The maximum absolute atomic E-state index is 3.85. The number of aromatic nitrogens is 2. The van der Waals surface area contributed by atoms with Crippen LogP contribution in [0.3, 0.4) is 0 Å². The van der Waals surface area contributed by atoms with Crippen LogP contribution in [-0.4, -0.2) is 9.97 Å². The van der Waals surface area contributed by atoms with E-state index in [2.05, 4.69) is 16.2 Å². The Kier molecular flexibility index (Phi) is 16.0. The Hall–Kier alpha value is -0.596. The first-order valence-electron chi connectivity index (χ1n) is 5.03. The Bertz CT molecular complexity index is 284. The molecule has 0 aliphatic carbocycles. The van der Waals surface area contributed by atoms with E-state index >= 15 is 0 Å². The van der Waals surface area contributed by atoms with Crippen LogP contribution in [0.4, 0.5) is 0 Å².